The van der Waals surface area contributed by atoms with Crippen LogP contribution in [-0.4, -0.2) is 12.5 Å². The van der Waals surface area contributed by atoms with Crippen molar-refractivity contribution in [1.82, 2.24) is 5.32 Å². The summed E-state index contributed by atoms with van der Waals surface area (Å²) in [6.07, 6.45) is -0.289. The Morgan fingerprint density at radius 1 is 1.19 bits per heavy atom. The first kappa shape index (κ1) is 15.4. The number of carbonyl (C=O) groups is 1. The molecule has 0 atom stereocenters. The van der Waals surface area contributed by atoms with Crippen LogP contribution in [0.25, 0.3) is 0 Å². The van der Waals surface area contributed by atoms with Crippen LogP contribution in [0.2, 0.25) is 0 Å². The van der Waals surface area contributed by atoms with Crippen molar-refractivity contribution in [2.75, 3.05) is 6.54 Å². The lowest BCUT2D eigenvalue weighted by Crippen LogP contribution is -2.29. The van der Waals surface area contributed by atoms with E-state index in [4.69, 9.17) is 0 Å². The van der Waals surface area contributed by atoms with Gasteiger partial charge in [-0.3, -0.25) is 4.79 Å². The molecule has 1 fully saturated rings. The molecule has 1 aromatic rings. The maximum absolute atomic E-state index is 12.4. The van der Waals surface area contributed by atoms with Gasteiger partial charge < -0.3 is 5.32 Å². The van der Waals surface area contributed by atoms with Crippen molar-refractivity contribution in [3.8, 4) is 11.8 Å². The minimum atomic E-state index is -4.33. The summed E-state index contributed by atoms with van der Waals surface area (Å²) in [6, 6.07) is 4.66. The normalized spacial score (nSPS) is 15.4. The summed E-state index contributed by atoms with van der Waals surface area (Å²) in [5, 5.41) is 2.74. The van der Waals surface area contributed by atoms with Gasteiger partial charge in [0.25, 0.3) is 0 Å². The van der Waals surface area contributed by atoms with Crippen LogP contribution >= 0.6 is 0 Å². The molecule has 1 amide bonds. The Morgan fingerprint density at radius 2 is 1.81 bits per heavy atom. The largest absolute Gasteiger partial charge is 0.416 e. The summed E-state index contributed by atoms with van der Waals surface area (Å²) >= 11 is 0. The van der Waals surface area contributed by atoms with Crippen molar-refractivity contribution in [2.24, 2.45) is 5.92 Å². The van der Waals surface area contributed by atoms with Gasteiger partial charge in [0, 0.05) is 11.5 Å². The molecule has 0 radical (unpaired) electrons. The number of alkyl halides is 3. The zero-order chi connectivity index (χ0) is 15.3. The Kier molecular flexibility index (Phi) is 4.89. The molecule has 1 aliphatic carbocycles. The van der Waals surface area contributed by atoms with Crippen LogP contribution in [0.15, 0.2) is 24.3 Å². The first-order chi connectivity index (χ1) is 9.97. The smallest absolute Gasteiger partial charge is 0.345 e. The van der Waals surface area contributed by atoms with Crippen molar-refractivity contribution in [1.29, 1.82) is 0 Å². The molecule has 1 N–H and O–H groups in total. The molecule has 0 saturated heterocycles. The van der Waals surface area contributed by atoms with E-state index >= 15 is 0 Å². The highest BCUT2D eigenvalue weighted by Crippen LogP contribution is 2.29. The van der Waals surface area contributed by atoms with Gasteiger partial charge in [-0.1, -0.05) is 24.7 Å². The molecule has 0 aliphatic heterocycles. The van der Waals surface area contributed by atoms with Gasteiger partial charge in [0.1, 0.15) is 0 Å². The zero-order valence-electron chi connectivity index (χ0n) is 11.5. The number of benzene rings is 1. The molecule has 0 heterocycles. The van der Waals surface area contributed by atoms with Crippen molar-refractivity contribution < 1.29 is 18.0 Å². The third kappa shape index (κ3) is 4.52. The topological polar surface area (TPSA) is 29.1 Å². The highest BCUT2D eigenvalue weighted by atomic mass is 19.4. The van der Waals surface area contributed by atoms with E-state index in [1.807, 2.05) is 0 Å². The SMILES string of the molecule is O=C(NCC#Cc1ccc(C(F)(F)F)cc1)C1CCCC1. The number of carbonyl (C=O) groups excluding carboxylic acids is 1. The Labute approximate surface area is 121 Å². The predicted molar refractivity (Wildman–Crippen MR) is 73.3 cm³/mol. The number of amides is 1. The summed E-state index contributed by atoms with van der Waals surface area (Å²) in [5.41, 5.74) is -0.194. The predicted octanol–water partition coefficient (Wildman–Crippen LogP) is 3.36. The van der Waals surface area contributed by atoms with Gasteiger partial charge in [0.15, 0.2) is 0 Å². The Morgan fingerprint density at radius 3 is 2.38 bits per heavy atom. The van der Waals surface area contributed by atoms with Crippen molar-refractivity contribution >= 4 is 5.91 Å². The van der Waals surface area contributed by atoms with Gasteiger partial charge in [-0.15, -0.1) is 0 Å². The molecule has 1 aromatic carbocycles. The van der Waals surface area contributed by atoms with Gasteiger partial charge in [-0.25, -0.2) is 0 Å². The molecular weight excluding hydrogens is 279 g/mol. The van der Waals surface area contributed by atoms with Gasteiger partial charge in [0.05, 0.1) is 12.1 Å². The summed E-state index contributed by atoms with van der Waals surface area (Å²) < 4.78 is 37.1. The van der Waals surface area contributed by atoms with Crippen LogP contribution < -0.4 is 5.32 Å². The monoisotopic (exact) mass is 295 g/mol. The number of hydrogen-bond donors (Lipinski definition) is 1. The molecule has 1 aliphatic rings. The maximum Gasteiger partial charge on any atom is 0.416 e. The summed E-state index contributed by atoms with van der Waals surface area (Å²) in [6.45, 7) is 0.219. The zero-order valence-corrected chi connectivity index (χ0v) is 11.5. The van der Waals surface area contributed by atoms with E-state index in [0.717, 1.165) is 37.8 Å². The highest BCUT2D eigenvalue weighted by Gasteiger charge is 2.29. The first-order valence-corrected chi connectivity index (χ1v) is 6.90. The van der Waals surface area contributed by atoms with Crippen molar-refractivity contribution in [3.63, 3.8) is 0 Å². The molecule has 1 saturated carbocycles. The van der Waals surface area contributed by atoms with Gasteiger partial charge >= 0.3 is 6.18 Å². The summed E-state index contributed by atoms with van der Waals surface area (Å²) in [4.78, 5) is 11.7. The second kappa shape index (κ2) is 6.66. The molecule has 5 heteroatoms. The molecule has 2 rings (SSSR count). The van der Waals surface area contributed by atoms with Crippen LogP contribution in [0.4, 0.5) is 13.2 Å². The van der Waals surface area contributed by atoms with E-state index in [-0.39, 0.29) is 18.4 Å². The molecule has 0 bridgehead atoms. The standard InChI is InChI=1S/C16H16F3NO/c17-16(18,19)14-9-7-12(8-10-14)4-3-11-20-15(21)13-5-1-2-6-13/h7-10,13H,1-2,5-6,11H2,(H,20,21). The second-order valence-corrected chi connectivity index (χ2v) is 5.08. The van der Waals surface area contributed by atoms with Crippen molar-refractivity contribution in [2.45, 2.75) is 31.9 Å². The van der Waals surface area contributed by atoms with E-state index in [0.29, 0.717) is 5.56 Å². The van der Waals surface area contributed by atoms with E-state index in [1.54, 1.807) is 0 Å². The van der Waals surface area contributed by atoms with E-state index < -0.39 is 11.7 Å². The van der Waals surface area contributed by atoms with Crippen molar-refractivity contribution in [3.05, 3.63) is 35.4 Å². The molecule has 21 heavy (non-hydrogen) atoms. The number of halogens is 3. The van der Waals surface area contributed by atoms with E-state index in [2.05, 4.69) is 17.2 Å². The average molecular weight is 295 g/mol. The Hall–Kier alpha value is -1.96. The molecule has 0 unspecified atom stereocenters. The third-order valence-corrected chi connectivity index (χ3v) is 3.52. The number of nitrogens with one attached hydrogen (secondary N) is 1. The van der Waals surface area contributed by atoms with Gasteiger partial charge in [-0.05, 0) is 37.1 Å². The molecule has 2 nitrogen and oxygen atoms in total. The van der Waals surface area contributed by atoms with E-state index in [9.17, 15) is 18.0 Å². The van der Waals surface area contributed by atoms with Crippen LogP contribution in [0, 0.1) is 17.8 Å². The molecule has 0 aromatic heterocycles. The minimum absolute atomic E-state index is 0.0224. The second-order valence-electron chi connectivity index (χ2n) is 5.08. The van der Waals surface area contributed by atoms with Gasteiger partial charge in [-0.2, -0.15) is 13.2 Å². The lowest BCUT2D eigenvalue weighted by atomic mass is 10.1. The fraction of sp³-hybridized carbons (Fsp3) is 0.438. The minimum Gasteiger partial charge on any atom is -0.345 e. The fourth-order valence-corrected chi connectivity index (χ4v) is 2.35. The quantitative estimate of drug-likeness (QED) is 0.833. The molecular formula is C16H16F3NO. The molecule has 112 valence electrons. The maximum atomic E-state index is 12.4. The van der Waals surface area contributed by atoms with Crippen LogP contribution in [0.3, 0.4) is 0 Å². The van der Waals surface area contributed by atoms with Crippen LogP contribution in [0.1, 0.15) is 36.8 Å². The average Bonchev–Trinajstić information content (AvgIpc) is 2.97. The van der Waals surface area contributed by atoms with E-state index in [1.165, 1.54) is 12.1 Å². The molecule has 0 spiro atoms. The van der Waals surface area contributed by atoms with Gasteiger partial charge in [0.2, 0.25) is 5.91 Å². The Balaban J connectivity index is 1.83. The van der Waals surface area contributed by atoms with Crippen LogP contribution in [0.5, 0.6) is 0 Å². The lowest BCUT2D eigenvalue weighted by molar-refractivity contribution is -0.137. The summed E-state index contributed by atoms with van der Waals surface area (Å²) in [5.74, 6) is 5.61. The number of rotatable bonds is 2. The van der Waals surface area contributed by atoms with Crippen LogP contribution in [-0.2, 0) is 11.0 Å². The number of hydrogen-bond acceptors (Lipinski definition) is 1. The highest BCUT2D eigenvalue weighted by molar-refractivity contribution is 5.79. The lowest BCUT2D eigenvalue weighted by Gasteiger charge is -2.07. The summed E-state index contributed by atoms with van der Waals surface area (Å²) in [7, 11) is 0. The first-order valence-electron chi connectivity index (χ1n) is 6.90. The fourth-order valence-electron chi connectivity index (χ4n) is 2.35. The Bertz CT molecular complexity index is 546. The third-order valence-electron chi connectivity index (χ3n) is 3.52.